The maximum atomic E-state index is 12.9. The van der Waals surface area contributed by atoms with E-state index in [-0.39, 0.29) is 22.0 Å². The highest BCUT2D eigenvalue weighted by atomic mass is 35.5. The van der Waals surface area contributed by atoms with E-state index in [9.17, 15) is 14.7 Å². The predicted molar refractivity (Wildman–Crippen MR) is 137 cm³/mol. The summed E-state index contributed by atoms with van der Waals surface area (Å²) in [5, 5.41) is 16.9. The molecule has 0 unspecified atom stereocenters. The number of phenolic OH excluding ortho intramolecular Hbond substituents is 1. The number of carbonyl (C=O) groups excluding carboxylic acids is 2. The Hall–Kier alpha value is -3.81. The summed E-state index contributed by atoms with van der Waals surface area (Å²) >= 11 is 11.9. The minimum absolute atomic E-state index is 0.0167. The van der Waals surface area contributed by atoms with Crippen LogP contribution in [0.5, 0.6) is 5.75 Å². The highest BCUT2D eigenvalue weighted by molar-refractivity contribution is 6.36. The van der Waals surface area contributed by atoms with Crippen LogP contribution in [-0.4, -0.2) is 37.2 Å². The van der Waals surface area contributed by atoms with Gasteiger partial charge in [-0.2, -0.15) is 5.10 Å². The molecule has 0 radical (unpaired) electrons. The normalized spacial score (nSPS) is 11.4. The minimum atomic E-state index is -0.662. The lowest BCUT2D eigenvalue weighted by molar-refractivity contribution is -0.117. The van der Waals surface area contributed by atoms with Crippen molar-refractivity contribution in [1.29, 1.82) is 0 Å². The molecule has 0 bridgehead atoms. The van der Waals surface area contributed by atoms with Crippen LogP contribution in [0.1, 0.15) is 21.5 Å². The van der Waals surface area contributed by atoms with Gasteiger partial charge in [-0.1, -0.05) is 53.5 Å². The molecule has 3 rings (SSSR count). The van der Waals surface area contributed by atoms with Crippen LogP contribution < -0.4 is 15.6 Å². The van der Waals surface area contributed by atoms with Crippen molar-refractivity contribution in [1.82, 2.24) is 10.7 Å². The first-order chi connectivity index (χ1) is 16.2. The Morgan fingerprint density at radius 2 is 1.68 bits per heavy atom. The number of aromatic hydroxyl groups is 1. The van der Waals surface area contributed by atoms with Gasteiger partial charge >= 0.3 is 0 Å². The van der Waals surface area contributed by atoms with Crippen molar-refractivity contribution in [2.75, 3.05) is 19.0 Å². The quantitative estimate of drug-likeness (QED) is 0.251. The molecule has 0 spiro atoms. The Bertz CT molecular complexity index is 1240. The molecule has 3 aromatic carbocycles. The summed E-state index contributed by atoms with van der Waals surface area (Å²) in [5.74, 6) is -1.34. The Kier molecular flexibility index (Phi) is 8.29. The number of anilines is 1. The van der Waals surface area contributed by atoms with Crippen molar-refractivity contribution in [3.8, 4) is 5.75 Å². The van der Waals surface area contributed by atoms with Gasteiger partial charge in [-0.3, -0.25) is 9.59 Å². The molecular weight excluding hydrogens is 475 g/mol. The van der Waals surface area contributed by atoms with Crippen LogP contribution in [0.3, 0.4) is 0 Å². The largest absolute Gasteiger partial charge is 0.506 e. The van der Waals surface area contributed by atoms with E-state index >= 15 is 0 Å². The molecule has 0 saturated heterocycles. The van der Waals surface area contributed by atoms with E-state index in [1.54, 1.807) is 36.4 Å². The molecule has 2 amide bonds. The van der Waals surface area contributed by atoms with Gasteiger partial charge in [0.05, 0.1) is 11.2 Å². The zero-order chi connectivity index (χ0) is 24.7. The second-order valence-electron chi connectivity index (χ2n) is 7.39. The van der Waals surface area contributed by atoms with E-state index in [2.05, 4.69) is 15.8 Å². The van der Waals surface area contributed by atoms with Gasteiger partial charge in [0, 0.05) is 35.9 Å². The second-order valence-corrected chi connectivity index (χ2v) is 8.23. The summed E-state index contributed by atoms with van der Waals surface area (Å²) < 4.78 is 0. The maximum Gasteiger partial charge on any atom is 0.287 e. The van der Waals surface area contributed by atoms with Crippen LogP contribution in [0.4, 0.5) is 5.69 Å². The first-order valence-electron chi connectivity index (χ1n) is 10.1. The fourth-order valence-corrected chi connectivity index (χ4v) is 3.39. The van der Waals surface area contributed by atoms with Crippen LogP contribution in [0.2, 0.25) is 10.0 Å². The van der Waals surface area contributed by atoms with Crippen molar-refractivity contribution >= 4 is 53.0 Å². The highest BCUT2D eigenvalue weighted by Gasteiger charge is 2.14. The first-order valence-corrected chi connectivity index (χ1v) is 10.9. The van der Waals surface area contributed by atoms with E-state index in [1.165, 1.54) is 18.3 Å². The Morgan fingerprint density at radius 3 is 2.32 bits per heavy atom. The summed E-state index contributed by atoms with van der Waals surface area (Å²) in [5.41, 5.74) is 4.63. The van der Waals surface area contributed by atoms with Crippen molar-refractivity contribution in [2.45, 2.75) is 0 Å². The van der Waals surface area contributed by atoms with Gasteiger partial charge in [-0.05, 0) is 48.0 Å². The SMILES string of the molecule is CN(C)c1ccc(/C=C(\NC(=O)c2ccccc2)C(=O)N/N=C\c2cc(Cl)cc(Cl)c2O)cc1. The van der Waals surface area contributed by atoms with Gasteiger partial charge in [-0.25, -0.2) is 5.43 Å². The number of hydrogen-bond donors (Lipinski definition) is 3. The molecule has 0 aliphatic rings. The lowest BCUT2D eigenvalue weighted by Crippen LogP contribution is -2.32. The van der Waals surface area contributed by atoms with Gasteiger partial charge in [0.15, 0.2) is 0 Å². The van der Waals surface area contributed by atoms with Gasteiger partial charge in [-0.15, -0.1) is 0 Å². The number of carbonyl (C=O) groups is 2. The van der Waals surface area contributed by atoms with Crippen LogP contribution >= 0.6 is 23.2 Å². The topological polar surface area (TPSA) is 94.0 Å². The van der Waals surface area contributed by atoms with Gasteiger partial charge in [0.1, 0.15) is 11.4 Å². The zero-order valence-electron chi connectivity index (χ0n) is 18.4. The summed E-state index contributed by atoms with van der Waals surface area (Å²) in [6, 6.07) is 18.8. The number of rotatable bonds is 7. The number of hydrogen-bond acceptors (Lipinski definition) is 5. The van der Waals surface area contributed by atoms with Crippen LogP contribution in [0.15, 0.2) is 77.5 Å². The number of benzene rings is 3. The number of nitrogens with zero attached hydrogens (tertiary/aromatic N) is 2. The first kappa shape index (κ1) is 24.8. The Balaban J connectivity index is 1.84. The third kappa shape index (κ3) is 6.60. The Morgan fingerprint density at radius 1 is 1.00 bits per heavy atom. The van der Waals surface area contributed by atoms with E-state index in [4.69, 9.17) is 23.2 Å². The van der Waals surface area contributed by atoms with E-state index in [1.807, 2.05) is 43.3 Å². The van der Waals surface area contributed by atoms with Gasteiger partial charge < -0.3 is 15.3 Å². The molecule has 174 valence electrons. The van der Waals surface area contributed by atoms with E-state index in [0.29, 0.717) is 16.1 Å². The summed E-state index contributed by atoms with van der Waals surface area (Å²) in [4.78, 5) is 27.5. The molecule has 0 aliphatic carbocycles. The van der Waals surface area contributed by atoms with Crippen molar-refractivity contribution < 1.29 is 14.7 Å². The zero-order valence-corrected chi connectivity index (χ0v) is 19.9. The number of halogens is 2. The molecule has 0 atom stereocenters. The highest BCUT2D eigenvalue weighted by Crippen LogP contribution is 2.29. The predicted octanol–water partition coefficient (Wildman–Crippen LogP) is 4.69. The lowest BCUT2D eigenvalue weighted by atomic mass is 10.1. The standard InChI is InChI=1S/C25H22Cl2N4O3/c1-31(2)20-10-8-16(9-11-20)12-22(29-24(33)17-6-4-3-5-7-17)25(34)30-28-15-18-13-19(26)14-21(27)23(18)32/h3-15,32H,1-2H3,(H,29,33)(H,30,34)/b22-12-,28-15-. The fourth-order valence-electron chi connectivity index (χ4n) is 2.88. The molecule has 3 N–H and O–H groups in total. The smallest absolute Gasteiger partial charge is 0.287 e. The van der Waals surface area contributed by atoms with Crippen molar-refractivity contribution in [2.24, 2.45) is 5.10 Å². The third-order valence-corrected chi connectivity index (χ3v) is 5.18. The number of nitrogens with one attached hydrogen (secondary N) is 2. The lowest BCUT2D eigenvalue weighted by Gasteiger charge is -2.12. The number of hydrazone groups is 1. The summed E-state index contributed by atoms with van der Waals surface area (Å²) in [7, 11) is 3.85. The molecule has 7 nitrogen and oxygen atoms in total. The average molecular weight is 497 g/mol. The van der Waals surface area contributed by atoms with E-state index < -0.39 is 11.8 Å². The molecule has 34 heavy (non-hydrogen) atoms. The van der Waals surface area contributed by atoms with Crippen LogP contribution in [0, 0.1) is 0 Å². The van der Waals surface area contributed by atoms with Crippen LogP contribution in [0.25, 0.3) is 6.08 Å². The molecule has 3 aromatic rings. The van der Waals surface area contributed by atoms with Crippen molar-refractivity contribution in [3.05, 3.63) is 99.2 Å². The molecule has 0 heterocycles. The summed E-state index contributed by atoms with van der Waals surface area (Å²) in [6.45, 7) is 0. The molecule has 0 saturated carbocycles. The van der Waals surface area contributed by atoms with E-state index in [0.717, 1.165) is 5.69 Å². The van der Waals surface area contributed by atoms with Gasteiger partial charge in [0.25, 0.3) is 11.8 Å². The second kappa shape index (κ2) is 11.4. The molecule has 0 fully saturated rings. The average Bonchev–Trinajstić information content (AvgIpc) is 2.82. The van der Waals surface area contributed by atoms with Crippen LogP contribution in [-0.2, 0) is 4.79 Å². The number of phenols is 1. The fraction of sp³-hybridized carbons (Fsp3) is 0.0800. The molecule has 9 heteroatoms. The maximum absolute atomic E-state index is 12.9. The molecule has 0 aliphatic heterocycles. The summed E-state index contributed by atoms with van der Waals surface area (Å²) in [6.07, 6.45) is 2.74. The number of amides is 2. The Labute approximate surface area is 207 Å². The third-order valence-electron chi connectivity index (χ3n) is 4.68. The minimum Gasteiger partial charge on any atom is -0.506 e. The monoisotopic (exact) mass is 496 g/mol. The van der Waals surface area contributed by atoms with Crippen molar-refractivity contribution in [3.63, 3.8) is 0 Å². The van der Waals surface area contributed by atoms with Gasteiger partial charge in [0.2, 0.25) is 0 Å². The molecular formula is C25H22Cl2N4O3. The molecule has 0 aromatic heterocycles.